The Morgan fingerprint density at radius 2 is 1.77 bits per heavy atom. The zero-order chi connectivity index (χ0) is 22.4. The molecule has 160 valence electrons. The van der Waals surface area contributed by atoms with Gasteiger partial charge in [0.25, 0.3) is 0 Å². The SMILES string of the molecule is Cc1ccc(Cl)cc1-n1c(C)cc(/C=N/NC(=O)C(=O)NCCc2ccccc2)c1C. The molecule has 31 heavy (non-hydrogen) atoms. The summed E-state index contributed by atoms with van der Waals surface area (Å²) in [6.45, 7) is 6.35. The number of amides is 2. The molecule has 0 saturated carbocycles. The van der Waals surface area contributed by atoms with Gasteiger partial charge in [-0.1, -0.05) is 48.0 Å². The van der Waals surface area contributed by atoms with Gasteiger partial charge in [0.2, 0.25) is 0 Å². The molecule has 0 saturated heterocycles. The van der Waals surface area contributed by atoms with Crippen molar-refractivity contribution in [1.82, 2.24) is 15.3 Å². The number of benzene rings is 2. The normalized spacial score (nSPS) is 11.0. The third-order valence-corrected chi connectivity index (χ3v) is 5.24. The first-order valence-electron chi connectivity index (χ1n) is 9.97. The van der Waals surface area contributed by atoms with Crippen molar-refractivity contribution in [3.05, 3.63) is 87.7 Å². The van der Waals surface area contributed by atoms with Gasteiger partial charge in [-0.15, -0.1) is 0 Å². The molecule has 1 heterocycles. The average molecular weight is 437 g/mol. The molecular formula is C24H25ClN4O2. The molecule has 2 aromatic carbocycles. The topological polar surface area (TPSA) is 75.5 Å². The summed E-state index contributed by atoms with van der Waals surface area (Å²) < 4.78 is 2.08. The summed E-state index contributed by atoms with van der Waals surface area (Å²) >= 11 is 6.17. The van der Waals surface area contributed by atoms with Crippen molar-refractivity contribution in [3.63, 3.8) is 0 Å². The Labute approximate surface area is 186 Å². The third-order valence-electron chi connectivity index (χ3n) is 5.00. The van der Waals surface area contributed by atoms with Crippen LogP contribution in [0.15, 0.2) is 59.7 Å². The van der Waals surface area contributed by atoms with Gasteiger partial charge < -0.3 is 9.88 Å². The Kier molecular flexibility index (Phi) is 7.26. The fraction of sp³-hybridized carbons (Fsp3) is 0.208. The van der Waals surface area contributed by atoms with E-state index < -0.39 is 11.8 Å². The van der Waals surface area contributed by atoms with Gasteiger partial charge in [0.05, 0.1) is 6.21 Å². The first-order valence-corrected chi connectivity index (χ1v) is 10.3. The number of aryl methyl sites for hydroxylation is 2. The van der Waals surface area contributed by atoms with E-state index in [4.69, 9.17) is 11.6 Å². The smallest absolute Gasteiger partial charge is 0.329 e. The minimum absolute atomic E-state index is 0.375. The Balaban J connectivity index is 1.60. The van der Waals surface area contributed by atoms with Crippen LogP contribution in [-0.4, -0.2) is 29.1 Å². The lowest BCUT2D eigenvalue weighted by Gasteiger charge is -2.13. The first kappa shape index (κ1) is 22.3. The summed E-state index contributed by atoms with van der Waals surface area (Å²) in [7, 11) is 0. The van der Waals surface area contributed by atoms with Gasteiger partial charge in [-0.2, -0.15) is 5.10 Å². The molecule has 0 atom stereocenters. The number of carbonyl (C=O) groups is 2. The number of rotatable bonds is 6. The van der Waals surface area contributed by atoms with Crippen molar-refractivity contribution in [1.29, 1.82) is 0 Å². The van der Waals surface area contributed by atoms with E-state index in [1.807, 2.05) is 75.4 Å². The fourth-order valence-electron chi connectivity index (χ4n) is 3.37. The molecule has 2 amide bonds. The lowest BCUT2D eigenvalue weighted by Crippen LogP contribution is -2.38. The lowest BCUT2D eigenvalue weighted by molar-refractivity contribution is -0.139. The van der Waals surface area contributed by atoms with Crippen LogP contribution in [0.4, 0.5) is 0 Å². The van der Waals surface area contributed by atoms with Crippen LogP contribution >= 0.6 is 11.6 Å². The van der Waals surface area contributed by atoms with Gasteiger partial charge >= 0.3 is 11.8 Å². The molecule has 0 radical (unpaired) electrons. The maximum atomic E-state index is 12.0. The monoisotopic (exact) mass is 436 g/mol. The number of nitrogens with one attached hydrogen (secondary N) is 2. The summed E-state index contributed by atoms with van der Waals surface area (Å²) in [6.07, 6.45) is 2.19. The fourth-order valence-corrected chi connectivity index (χ4v) is 3.54. The van der Waals surface area contributed by atoms with E-state index in [1.54, 1.807) is 0 Å². The average Bonchev–Trinajstić information content (AvgIpc) is 3.03. The summed E-state index contributed by atoms with van der Waals surface area (Å²) in [6, 6.07) is 17.5. The largest absolute Gasteiger partial charge is 0.347 e. The molecule has 7 heteroatoms. The minimum atomic E-state index is -0.802. The maximum absolute atomic E-state index is 12.0. The van der Waals surface area contributed by atoms with Crippen molar-refractivity contribution < 1.29 is 9.59 Å². The number of nitrogens with zero attached hydrogens (tertiary/aromatic N) is 2. The van der Waals surface area contributed by atoms with Gasteiger partial charge in [0, 0.05) is 34.2 Å². The number of hydrazone groups is 1. The Hall–Kier alpha value is -3.38. The molecule has 0 spiro atoms. The van der Waals surface area contributed by atoms with E-state index in [0.29, 0.717) is 18.0 Å². The van der Waals surface area contributed by atoms with Gasteiger partial charge in [0.1, 0.15) is 0 Å². The Morgan fingerprint density at radius 3 is 2.52 bits per heavy atom. The van der Waals surface area contributed by atoms with E-state index in [9.17, 15) is 9.59 Å². The number of hydrogen-bond donors (Lipinski definition) is 2. The quantitative estimate of drug-likeness (QED) is 0.349. The number of carbonyl (C=O) groups excluding carboxylic acids is 2. The highest BCUT2D eigenvalue weighted by molar-refractivity contribution is 6.35. The molecule has 1 aromatic heterocycles. The third kappa shape index (κ3) is 5.61. The second-order valence-corrected chi connectivity index (χ2v) is 7.72. The predicted octanol–water partition coefficient (Wildman–Crippen LogP) is 3.86. The maximum Gasteiger partial charge on any atom is 0.329 e. The van der Waals surface area contributed by atoms with Crippen LogP contribution in [0.25, 0.3) is 5.69 Å². The van der Waals surface area contributed by atoms with E-state index >= 15 is 0 Å². The second kappa shape index (κ2) is 10.1. The van der Waals surface area contributed by atoms with E-state index in [-0.39, 0.29) is 0 Å². The summed E-state index contributed by atoms with van der Waals surface area (Å²) in [4.78, 5) is 23.9. The molecule has 0 aliphatic rings. The van der Waals surface area contributed by atoms with Crippen LogP contribution in [0, 0.1) is 20.8 Å². The molecule has 3 rings (SSSR count). The number of aromatic nitrogens is 1. The molecule has 0 fully saturated rings. The van der Waals surface area contributed by atoms with Gasteiger partial charge in [-0.25, -0.2) is 5.43 Å². The van der Waals surface area contributed by atoms with E-state index in [0.717, 1.165) is 33.8 Å². The second-order valence-electron chi connectivity index (χ2n) is 7.28. The van der Waals surface area contributed by atoms with Crippen LogP contribution in [0.1, 0.15) is 28.1 Å². The van der Waals surface area contributed by atoms with Crippen LogP contribution in [0.2, 0.25) is 5.02 Å². The van der Waals surface area contributed by atoms with Crippen LogP contribution in [-0.2, 0) is 16.0 Å². The Bertz CT molecular complexity index is 1120. The van der Waals surface area contributed by atoms with Crippen molar-refractivity contribution in [2.24, 2.45) is 5.10 Å². The Morgan fingerprint density at radius 1 is 1.03 bits per heavy atom. The van der Waals surface area contributed by atoms with Crippen molar-refractivity contribution in [2.45, 2.75) is 27.2 Å². The standard InChI is InChI=1S/C24H25ClN4O2/c1-16-9-10-21(25)14-22(16)29-17(2)13-20(18(29)3)15-27-28-24(31)23(30)26-12-11-19-7-5-4-6-8-19/h4-10,13-15H,11-12H2,1-3H3,(H,26,30)(H,28,31)/b27-15+. The van der Waals surface area contributed by atoms with E-state index in [1.165, 1.54) is 6.21 Å². The molecule has 0 unspecified atom stereocenters. The summed E-state index contributed by atoms with van der Waals surface area (Å²) in [5, 5.41) is 7.21. The summed E-state index contributed by atoms with van der Waals surface area (Å²) in [5.41, 5.74) is 8.25. The number of halogens is 1. The highest BCUT2D eigenvalue weighted by Gasteiger charge is 2.13. The lowest BCUT2D eigenvalue weighted by atomic mass is 10.1. The molecule has 0 aliphatic heterocycles. The van der Waals surface area contributed by atoms with Crippen molar-refractivity contribution in [3.8, 4) is 5.69 Å². The minimum Gasteiger partial charge on any atom is -0.347 e. The van der Waals surface area contributed by atoms with Crippen LogP contribution in [0.3, 0.4) is 0 Å². The van der Waals surface area contributed by atoms with Gasteiger partial charge in [-0.3, -0.25) is 9.59 Å². The molecule has 6 nitrogen and oxygen atoms in total. The summed E-state index contributed by atoms with van der Waals surface area (Å²) in [5.74, 6) is -1.52. The molecular weight excluding hydrogens is 412 g/mol. The van der Waals surface area contributed by atoms with Crippen molar-refractivity contribution in [2.75, 3.05) is 6.54 Å². The highest BCUT2D eigenvalue weighted by atomic mass is 35.5. The highest BCUT2D eigenvalue weighted by Crippen LogP contribution is 2.25. The van der Waals surface area contributed by atoms with Crippen molar-refractivity contribution >= 4 is 29.6 Å². The van der Waals surface area contributed by atoms with E-state index in [2.05, 4.69) is 20.4 Å². The number of hydrogen-bond acceptors (Lipinski definition) is 3. The molecule has 0 bridgehead atoms. The van der Waals surface area contributed by atoms with Crippen LogP contribution in [0.5, 0.6) is 0 Å². The molecule has 0 aliphatic carbocycles. The van der Waals surface area contributed by atoms with Gasteiger partial charge in [0.15, 0.2) is 0 Å². The van der Waals surface area contributed by atoms with Crippen LogP contribution < -0.4 is 10.7 Å². The zero-order valence-corrected chi connectivity index (χ0v) is 18.5. The molecule has 2 N–H and O–H groups in total. The molecule has 3 aromatic rings. The first-order chi connectivity index (χ1) is 14.9. The predicted molar refractivity (Wildman–Crippen MR) is 124 cm³/mol. The van der Waals surface area contributed by atoms with Gasteiger partial charge in [-0.05, 0) is 56.5 Å². The zero-order valence-electron chi connectivity index (χ0n) is 17.8.